The molecule has 62 heavy (non-hydrogen) atoms. The molecule has 0 aromatic rings. The quantitative estimate of drug-likeness (QED) is 0.0640. The van der Waals surface area contributed by atoms with Gasteiger partial charge >= 0.3 is 47.8 Å². The molecule has 0 aromatic carbocycles. The van der Waals surface area contributed by atoms with E-state index in [4.69, 9.17) is 105 Å². The van der Waals surface area contributed by atoms with E-state index >= 15 is 0 Å². The molecule has 0 bridgehead atoms. The molecule has 30 heteroatoms. The summed E-state index contributed by atoms with van der Waals surface area (Å²) in [5.74, 6) is -19.0. The lowest BCUT2D eigenvalue weighted by Crippen LogP contribution is -2.46. The van der Waals surface area contributed by atoms with E-state index in [0.29, 0.717) is 0 Å². The number of aliphatic hydroxyl groups excluding tert-OH is 4. The van der Waals surface area contributed by atoms with Crippen molar-refractivity contribution in [1.82, 2.24) is 0 Å². The van der Waals surface area contributed by atoms with Crippen LogP contribution in [0.15, 0.2) is 0 Å². The summed E-state index contributed by atoms with van der Waals surface area (Å²) in [6.45, 7) is 0. The third kappa shape index (κ3) is 14.9. The monoisotopic (exact) mass is 1130 g/mol. The summed E-state index contributed by atoms with van der Waals surface area (Å²) in [5, 5.41) is 142. The molecular formula is C32H52I2N4O24. The molecule has 4 saturated carbocycles. The second-order valence-corrected chi connectivity index (χ2v) is 15.6. The molecule has 0 radical (unpaired) electrons. The Balaban J connectivity index is 0.000000789. The van der Waals surface area contributed by atoms with Gasteiger partial charge in [0.15, 0.2) is 25.2 Å². The van der Waals surface area contributed by atoms with E-state index in [1.54, 1.807) is 0 Å². The fraction of sp³-hybridized carbons (Fsp3) is 0.750. The van der Waals surface area contributed by atoms with Crippen LogP contribution in [-0.2, 0) is 38.4 Å². The molecular weight excluding hydrogens is 1080 g/mol. The van der Waals surface area contributed by atoms with Crippen LogP contribution in [0, 0.1) is 47.3 Å². The molecule has 12 atom stereocenters. The van der Waals surface area contributed by atoms with Crippen molar-refractivity contribution in [2.75, 3.05) is 0 Å². The number of halogens is 2. The molecule has 0 saturated heterocycles. The average Bonchev–Trinajstić information content (AvgIpc) is 3.92. The molecule has 12 unspecified atom stereocenters. The van der Waals surface area contributed by atoms with Gasteiger partial charge in [-0.3, -0.25) is 38.4 Å². The third-order valence-corrected chi connectivity index (χ3v) is 11.3. The van der Waals surface area contributed by atoms with Crippen LogP contribution < -0.4 is 22.9 Å². The predicted molar refractivity (Wildman–Crippen MR) is 215 cm³/mol. The molecule has 4 aliphatic carbocycles. The molecule has 24 N–H and O–H groups in total. The van der Waals surface area contributed by atoms with Gasteiger partial charge in [0.1, 0.15) is 22.2 Å². The minimum atomic E-state index is -1.86. The van der Waals surface area contributed by atoms with Crippen molar-refractivity contribution in [3.63, 3.8) is 0 Å². The van der Waals surface area contributed by atoms with Crippen LogP contribution in [0.1, 0.15) is 51.4 Å². The molecule has 4 fully saturated rings. The van der Waals surface area contributed by atoms with Gasteiger partial charge in [0.2, 0.25) is 0 Å². The Hall–Kier alpha value is -3.26. The smallest absolute Gasteiger partial charge is 0.323 e. The first-order chi connectivity index (χ1) is 28.1. The Bertz CT molecular complexity index is 1410. The lowest BCUT2D eigenvalue weighted by Gasteiger charge is -2.18. The fourth-order valence-electron chi connectivity index (χ4n) is 7.79. The number of nitrogens with two attached hydrogens (primary N) is 4. The molecule has 28 nitrogen and oxygen atoms in total. The summed E-state index contributed by atoms with van der Waals surface area (Å²) >= 11 is 4.24. The van der Waals surface area contributed by atoms with E-state index in [1.165, 1.54) is 0 Å². The number of carbonyl (C=O) groups is 8. The van der Waals surface area contributed by atoms with Crippen LogP contribution >= 0.6 is 37.2 Å². The van der Waals surface area contributed by atoms with E-state index in [9.17, 15) is 38.4 Å². The van der Waals surface area contributed by atoms with Gasteiger partial charge in [-0.2, -0.15) is 0 Å². The highest BCUT2D eigenvalue weighted by Gasteiger charge is 2.55. The first kappa shape index (κ1) is 58.7. The van der Waals surface area contributed by atoms with Crippen LogP contribution in [-0.4, -0.2) is 177 Å². The van der Waals surface area contributed by atoms with Gasteiger partial charge in [-0.25, -0.2) is 0 Å². The Morgan fingerprint density at radius 2 is 0.468 bits per heavy atom. The molecule has 0 heterocycles. The van der Waals surface area contributed by atoms with Gasteiger partial charge < -0.3 is 105 Å². The summed E-state index contributed by atoms with van der Waals surface area (Å²) < 4.78 is 0. The van der Waals surface area contributed by atoms with E-state index in [0.717, 1.165) is 0 Å². The maximum atomic E-state index is 10.8. The minimum absolute atomic E-state index is 0.253. The van der Waals surface area contributed by atoms with Gasteiger partial charge in [0.05, 0.1) is 23.7 Å². The van der Waals surface area contributed by atoms with Gasteiger partial charge in [-0.15, -0.1) is 0 Å². The highest BCUT2D eigenvalue weighted by atomic mass is 128. The first-order valence-electron chi connectivity index (χ1n) is 17.7. The fourth-order valence-corrected chi connectivity index (χ4v) is 7.79. The van der Waals surface area contributed by atoms with E-state index in [1.807, 2.05) is 0 Å². The SMILES string of the molecule is II.NC1(C(=O)O)CC(C(=O)O)C(C(O)O)C1.NC1(C(=O)O)CC(C(=O)O)C(C(O)O)C1.NC1(C(=O)O)CC(C(=O)O)C(C(O)O)C1.NC1(C(=O)O)CC(C(=O)O)C(C(O)O)C1. The zero-order chi connectivity index (χ0) is 49.2. The maximum Gasteiger partial charge on any atom is 0.323 e. The summed E-state index contributed by atoms with van der Waals surface area (Å²) in [7, 11) is 0. The van der Waals surface area contributed by atoms with Crippen LogP contribution in [0.5, 0.6) is 0 Å². The van der Waals surface area contributed by atoms with Gasteiger partial charge in [-0.05, 0) is 51.4 Å². The summed E-state index contributed by atoms with van der Waals surface area (Å²) in [5.41, 5.74) is 15.2. The van der Waals surface area contributed by atoms with Crippen LogP contribution in [0.2, 0.25) is 0 Å². The molecule has 4 aliphatic rings. The molecule has 358 valence electrons. The van der Waals surface area contributed by atoms with E-state index in [-0.39, 0.29) is 51.4 Å². The van der Waals surface area contributed by atoms with Crippen molar-refractivity contribution in [1.29, 1.82) is 0 Å². The Labute approximate surface area is 372 Å². The van der Waals surface area contributed by atoms with Crippen molar-refractivity contribution in [2.24, 2.45) is 70.3 Å². The van der Waals surface area contributed by atoms with Crippen molar-refractivity contribution in [3.8, 4) is 0 Å². The summed E-state index contributed by atoms with van der Waals surface area (Å²) in [4.78, 5) is 86.1. The second kappa shape index (κ2) is 23.6. The third-order valence-electron chi connectivity index (χ3n) is 11.3. The zero-order valence-corrected chi connectivity index (χ0v) is 36.4. The number of rotatable bonds is 12. The highest BCUT2D eigenvalue weighted by Crippen LogP contribution is 2.42. The summed E-state index contributed by atoms with van der Waals surface area (Å²) in [6, 6.07) is 0. The van der Waals surface area contributed by atoms with Gasteiger partial charge in [-0.1, -0.05) is 0 Å². The predicted octanol–water partition coefficient (Wildman–Crippen LogP) is -5.47. The number of aliphatic carboxylic acids is 8. The van der Waals surface area contributed by atoms with Crippen molar-refractivity contribution >= 4 is 85.0 Å². The topological polar surface area (TPSA) is 564 Å². The maximum absolute atomic E-state index is 10.8. The standard InChI is InChI=1S/4C8H13NO6.I2/c4*9-8(7(14)15)1-3(5(10)11)4(2-8)6(12)13;1-2/h4*3-5,10-11H,1-2,9H2,(H,12,13)(H,14,15);. The Morgan fingerprint density at radius 3 is 0.532 bits per heavy atom. The Morgan fingerprint density at radius 1 is 0.339 bits per heavy atom. The number of hydrogen-bond donors (Lipinski definition) is 20. The molecule has 4 rings (SSSR count). The second-order valence-electron chi connectivity index (χ2n) is 15.6. The molecule has 0 amide bonds. The number of carboxylic acids is 8. The molecule has 0 spiro atoms. The van der Waals surface area contributed by atoms with Crippen LogP contribution in [0.3, 0.4) is 0 Å². The molecule has 0 aromatic heterocycles. The lowest BCUT2D eigenvalue weighted by molar-refractivity contribution is -0.151. The van der Waals surface area contributed by atoms with Crippen LogP contribution in [0.25, 0.3) is 0 Å². The number of hydrogen-bond acceptors (Lipinski definition) is 20. The van der Waals surface area contributed by atoms with E-state index < -0.39 is 142 Å². The van der Waals surface area contributed by atoms with E-state index in [2.05, 4.69) is 37.2 Å². The minimum Gasteiger partial charge on any atom is -0.481 e. The largest absolute Gasteiger partial charge is 0.481 e. The normalized spacial score (nSPS) is 34.7. The number of carboxylic acid groups (broad SMARTS) is 8. The van der Waals surface area contributed by atoms with Crippen molar-refractivity contribution in [3.05, 3.63) is 0 Å². The van der Waals surface area contributed by atoms with Gasteiger partial charge in [0, 0.05) is 60.9 Å². The van der Waals surface area contributed by atoms with Gasteiger partial charge in [0.25, 0.3) is 0 Å². The summed E-state index contributed by atoms with van der Waals surface area (Å²) in [6.07, 6.45) is -9.64. The first-order valence-corrected chi connectivity index (χ1v) is 24.0. The van der Waals surface area contributed by atoms with Crippen LogP contribution in [0.4, 0.5) is 0 Å². The molecule has 0 aliphatic heterocycles. The zero-order valence-electron chi connectivity index (χ0n) is 32.1. The van der Waals surface area contributed by atoms with Crippen molar-refractivity contribution < 1.29 is 120 Å². The average molecular weight is 1130 g/mol. The highest BCUT2D eigenvalue weighted by molar-refractivity contribution is 15.0. The lowest BCUT2D eigenvalue weighted by atomic mass is 9.96. The Kier molecular flexibility index (Phi) is 22.4. The number of aliphatic hydroxyl groups is 8. The van der Waals surface area contributed by atoms with Crippen molar-refractivity contribution in [2.45, 2.75) is 98.7 Å².